The summed E-state index contributed by atoms with van der Waals surface area (Å²) in [5.41, 5.74) is 2.11. The Kier molecular flexibility index (Phi) is 3.10. The number of methoxy groups -OCH3 is 1. The number of ether oxygens (including phenoxy) is 2. The van der Waals surface area contributed by atoms with E-state index in [4.69, 9.17) is 9.47 Å². The van der Waals surface area contributed by atoms with E-state index in [1.54, 1.807) is 7.11 Å². The maximum Gasteiger partial charge on any atom is 0.304 e. The van der Waals surface area contributed by atoms with Crippen LogP contribution in [0.15, 0.2) is 18.2 Å². The van der Waals surface area contributed by atoms with Crippen molar-refractivity contribution in [3.8, 4) is 5.75 Å². The number of hydrogen-bond acceptors (Lipinski definition) is 4. The van der Waals surface area contributed by atoms with Gasteiger partial charge >= 0.3 is 5.97 Å². The quantitative estimate of drug-likeness (QED) is 0.767. The van der Waals surface area contributed by atoms with Crippen LogP contribution in [0.25, 0.3) is 0 Å². The van der Waals surface area contributed by atoms with Crippen molar-refractivity contribution in [2.75, 3.05) is 13.7 Å². The Bertz CT molecular complexity index is 389. The fraction of sp³-hybridized carbons (Fsp3) is 0.417. The zero-order valence-electron chi connectivity index (χ0n) is 9.45. The highest BCUT2D eigenvalue weighted by Gasteiger charge is 2.25. The molecule has 0 amide bonds. The van der Waals surface area contributed by atoms with Crippen LogP contribution in [0, 0.1) is 0 Å². The number of benzene rings is 1. The zero-order valence-corrected chi connectivity index (χ0v) is 9.45. The van der Waals surface area contributed by atoms with Crippen molar-refractivity contribution in [3.63, 3.8) is 0 Å². The first-order valence-electron chi connectivity index (χ1n) is 5.28. The Morgan fingerprint density at radius 3 is 3.00 bits per heavy atom. The van der Waals surface area contributed by atoms with Gasteiger partial charge < -0.3 is 9.47 Å². The first-order valence-corrected chi connectivity index (χ1v) is 5.28. The van der Waals surface area contributed by atoms with Gasteiger partial charge in [0, 0.05) is 13.5 Å². The molecular weight excluding hydrogens is 206 g/mol. The molecule has 0 saturated heterocycles. The lowest BCUT2D eigenvalue weighted by atomic mass is 9.98. The third kappa shape index (κ3) is 2.02. The van der Waals surface area contributed by atoms with Crippen LogP contribution < -0.4 is 10.1 Å². The van der Waals surface area contributed by atoms with Crippen molar-refractivity contribution in [1.82, 2.24) is 5.32 Å². The minimum absolute atomic E-state index is 0.295. The molecule has 0 aromatic heterocycles. The molecule has 2 rings (SSSR count). The first-order chi connectivity index (χ1) is 7.72. The van der Waals surface area contributed by atoms with Crippen molar-refractivity contribution >= 4 is 5.97 Å². The molecule has 0 saturated carbocycles. The van der Waals surface area contributed by atoms with Crippen LogP contribution in [0.5, 0.6) is 5.75 Å². The Morgan fingerprint density at radius 2 is 2.31 bits per heavy atom. The number of rotatable bonds is 2. The lowest BCUT2D eigenvalue weighted by Crippen LogP contribution is -2.33. The standard InChI is InChI=1S/C12H15NO3/c1-8(14)16-12-11-9(6-7-13-12)4-3-5-10(11)15-2/h3-5,12-13H,6-7H2,1-2H3. The summed E-state index contributed by atoms with van der Waals surface area (Å²) >= 11 is 0. The van der Waals surface area contributed by atoms with Crippen LogP contribution in [0.2, 0.25) is 0 Å². The van der Waals surface area contributed by atoms with Crippen LogP contribution in [-0.2, 0) is 16.0 Å². The van der Waals surface area contributed by atoms with Crippen LogP contribution in [0.4, 0.5) is 0 Å². The van der Waals surface area contributed by atoms with Crippen molar-refractivity contribution in [2.24, 2.45) is 0 Å². The molecule has 0 radical (unpaired) electrons. The summed E-state index contributed by atoms with van der Waals surface area (Å²) in [6.45, 7) is 2.21. The Balaban J connectivity index is 2.38. The molecule has 0 spiro atoms. The van der Waals surface area contributed by atoms with E-state index in [0.717, 1.165) is 24.3 Å². The van der Waals surface area contributed by atoms with Crippen LogP contribution in [0.3, 0.4) is 0 Å². The third-order valence-corrected chi connectivity index (χ3v) is 2.65. The molecule has 4 heteroatoms. The van der Waals surface area contributed by atoms with Crippen LogP contribution in [-0.4, -0.2) is 19.6 Å². The number of esters is 1. The normalized spacial score (nSPS) is 18.8. The van der Waals surface area contributed by atoms with Gasteiger partial charge in [-0.2, -0.15) is 0 Å². The molecule has 0 bridgehead atoms. The molecule has 0 aliphatic carbocycles. The fourth-order valence-corrected chi connectivity index (χ4v) is 1.99. The van der Waals surface area contributed by atoms with Gasteiger partial charge in [-0.05, 0) is 18.1 Å². The molecule has 16 heavy (non-hydrogen) atoms. The van der Waals surface area contributed by atoms with Gasteiger partial charge in [-0.15, -0.1) is 0 Å². The maximum absolute atomic E-state index is 11.0. The van der Waals surface area contributed by atoms with Gasteiger partial charge in [-0.25, -0.2) is 0 Å². The topological polar surface area (TPSA) is 47.6 Å². The molecule has 0 fully saturated rings. The number of fused-ring (bicyclic) bond motifs is 1. The molecule has 1 N–H and O–H groups in total. The largest absolute Gasteiger partial charge is 0.496 e. The van der Waals surface area contributed by atoms with Crippen molar-refractivity contribution in [2.45, 2.75) is 19.6 Å². The SMILES string of the molecule is COc1cccc2c1C(OC(C)=O)NCC2. The molecule has 4 nitrogen and oxygen atoms in total. The average Bonchev–Trinajstić information content (AvgIpc) is 2.28. The monoisotopic (exact) mass is 221 g/mol. The van der Waals surface area contributed by atoms with Gasteiger partial charge in [0.05, 0.1) is 12.7 Å². The molecular formula is C12H15NO3. The Hall–Kier alpha value is -1.55. The minimum atomic E-state index is -0.391. The van der Waals surface area contributed by atoms with Crippen molar-refractivity contribution in [3.05, 3.63) is 29.3 Å². The molecule has 1 atom stereocenters. The molecule has 1 aliphatic heterocycles. The predicted octanol–water partition coefficient (Wildman–Crippen LogP) is 1.40. The Labute approximate surface area is 94.6 Å². The lowest BCUT2D eigenvalue weighted by molar-refractivity contribution is -0.148. The van der Waals surface area contributed by atoms with E-state index in [9.17, 15) is 4.79 Å². The summed E-state index contributed by atoms with van der Waals surface area (Å²) in [5.74, 6) is 0.465. The summed E-state index contributed by atoms with van der Waals surface area (Å²) in [5, 5.41) is 3.16. The van der Waals surface area contributed by atoms with Gasteiger partial charge in [0.2, 0.25) is 0 Å². The van der Waals surface area contributed by atoms with E-state index in [1.165, 1.54) is 12.5 Å². The molecule has 1 aliphatic rings. The number of carbonyl (C=O) groups is 1. The van der Waals surface area contributed by atoms with Gasteiger partial charge in [0.25, 0.3) is 0 Å². The van der Waals surface area contributed by atoms with E-state index in [2.05, 4.69) is 5.32 Å². The smallest absolute Gasteiger partial charge is 0.304 e. The summed E-state index contributed by atoms with van der Waals surface area (Å²) in [4.78, 5) is 11.0. The number of carbonyl (C=O) groups excluding carboxylic acids is 1. The fourth-order valence-electron chi connectivity index (χ4n) is 1.99. The zero-order chi connectivity index (χ0) is 11.5. The summed E-state index contributed by atoms with van der Waals surface area (Å²) < 4.78 is 10.5. The third-order valence-electron chi connectivity index (χ3n) is 2.65. The first kappa shape index (κ1) is 11.0. The van der Waals surface area contributed by atoms with Gasteiger partial charge in [-0.1, -0.05) is 12.1 Å². The highest BCUT2D eigenvalue weighted by atomic mass is 16.6. The highest BCUT2D eigenvalue weighted by molar-refractivity contribution is 5.66. The van der Waals surface area contributed by atoms with Gasteiger partial charge in [-0.3, -0.25) is 10.1 Å². The second-order valence-corrected chi connectivity index (χ2v) is 3.73. The average molecular weight is 221 g/mol. The molecule has 1 heterocycles. The van der Waals surface area contributed by atoms with E-state index in [-0.39, 0.29) is 5.97 Å². The lowest BCUT2D eigenvalue weighted by Gasteiger charge is -2.27. The predicted molar refractivity (Wildman–Crippen MR) is 59.2 cm³/mol. The van der Waals surface area contributed by atoms with E-state index in [1.807, 2.05) is 18.2 Å². The maximum atomic E-state index is 11.0. The van der Waals surface area contributed by atoms with Gasteiger partial charge in [0.1, 0.15) is 5.75 Å². The minimum Gasteiger partial charge on any atom is -0.496 e. The van der Waals surface area contributed by atoms with Crippen molar-refractivity contribution in [1.29, 1.82) is 0 Å². The Morgan fingerprint density at radius 1 is 1.50 bits per heavy atom. The number of nitrogens with one attached hydrogen (secondary N) is 1. The molecule has 1 unspecified atom stereocenters. The molecule has 86 valence electrons. The van der Waals surface area contributed by atoms with E-state index < -0.39 is 6.23 Å². The number of hydrogen-bond donors (Lipinski definition) is 1. The molecule has 1 aromatic carbocycles. The highest BCUT2D eigenvalue weighted by Crippen LogP contribution is 2.32. The summed E-state index contributed by atoms with van der Waals surface area (Å²) in [7, 11) is 1.62. The van der Waals surface area contributed by atoms with Crippen LogP contribution >= 0.6 is 0 Å². The second-order valence-electron chi connectivity index (χ2n) is 3.73. The summed E-state index contributed by atoms with van der Waals surface area (Å²) in [6, 6.07) is 5.87. The van der Waals surface area contributed by atoms with E-state index >= 15 is 0 Å². The van der Waals surface area contributed by atoms with Crippen LogP contribution in [0.1, 0.15) is 24.3 Å². The van der Waals surface area contributed by atoms with Crippen molar-refractivity contribution < 1.29 is 14.3 Å². The molecule has 1 aromatic rings. The second kappa shape index (κ2) is 4.53. The van der Waals surface area contributed by atoms with E-state index in [0.29, 0.717) is 0 Å². The van der Waals surface area contributed by atoms with Gasteiger partial charge in [0.15, 0.2) is 6.23 Å². The summed E-state index contributed by atoms with van der Waals surface area (Å²) in [6.07, 6.45) is 0.530.